The molecule has 0 radical (unpaired) electrons. The molecule has 3 rings (SSSR count). The van der Waals surface area contributed by atoms with E-state index < -0.39 is 10.0 Å². The van der Waals surface area contributed by atoms with Gasteiger partial charge in [0, 0.05) is 23.6 Å². The zero-order chi connectivity index (χ0) is 12.2. The molecule has 3 heterocycles. The fourth-order valence-corrected chi connectivity index (χ4v) is 6.22. The van der Waals surface area contributed by atoms with Gasteiger partial charge in [-0.25, -0.2) is 8.42 Å². The van der Waals surface area contributed by atoms with E-state index in [-0.39, 0.29) is 10.9 Å². The van der Waals surface area contributed by atoms with Crippen molar-refractivity contribution in [3.63, 3.8) is 0 Å². The van der Waals surface area contributed by atoms with Crippen LogP contribution in [0.5, 0.6) is 0 Å². The van der Waals surface area contributed by atoms with Crippen LogP contribution in [0.2, 0.25) is 0 Å². The van der Waals surface area contributed by atoms with Crippen LogP contribution >= 0.6 is 11.8 Å². The summed E-state index contributed by atoms with van der Waals surface area (Å²) >= 11 is 1.87. The van der Waals surface area contributed by atoms with Crippen molar-refractivity contribution in [2.24, 2.45) is 0 Å². The molecule has 7 heteroatoms. The van der Waals surface area contributed by atoms with Gasteiger partial charge in [-0.15, -0.1) is 0 Å². The summed E-state index contributed by atoms with van der Waals surface area (Å²) in [6.07, 6.45) is 0.979. The zero-order valence-corrected chi connectivity index (χ0v) is 11.3. The van der Waals surface area contributed by atoms with Crippen LogP contribution in [0.1, 0.15) is 17.9 Å². The Bertz CT molecular complexity index is 532. The van der Waals surface area contributed by atoms with Crippen LogP contribution in [-0.2, 0) is 10.0 Å². The molecule has 2 atom stereocenters. The van der Waals surface area contributed by atoms with Gasteiger partial charge in [0.15, 0.2) is 5.76 Å². The first kappa shape index (κ1) is 11.6. The minimum absolute atomic E-state index is 0.156. The summed E-state index contributed by atoms with van der Waals surface area (Å²) in [6.45, 7) is 3.95. The molecule has 2 fully saturated rings. The molecule has 5 nitrogen and oxygen atoms in total. The molecule has 0 saturated carbocycles. The van der Waals surface area contributed by atoms with E-state index in [0.717, 1.165) is 12.2 Å². The second-order valence-electron chi connectivity index (χ2n) is 4.57. The Balaban J connectivity index is 2.02. The van der Waals surface area contributed by atoms with Gasteiger partial charge in [-0.05, 0) is 20.3 Å². The van der Waals surface area contributed by atoms with E-state index in [0.29, 0.717) is 23.2 Å². The van der Waals surface area contributed by atoms with Crippen molar-refractivity contribution in [2.75, 3.05) is 12.3 Å². The van der Waals surface area contributed by atoms with Gasteiger partial charge in [0.2, 0.25) is 10.0 Å². The lowest BCUT2D eigenvalue weighted by Crippen LogP contribution is -2.39. The molecule has 0 spiro atoms. The van der Waals surface area contributed by atoms with Crippen LogP contribution in [0.25, 0.3) is 0 Å². The number of aromatic nitrogens is 1. The monoisotopic (exact) mass is 274 g/mol. The molecule has 2 bridgehead atoms. The molecule has 1 aromatic heterocycles. The molecule has 17 heavy (non-hydrogen) atoms. The number of hydrogen-bond donors (Lipinski definition) is 0. The lowest BCUT2D eigenvalue weighted by atomic mass is 10.3. The fraction of sp³-hybridized carbons (Fsp3) is 0.700. The molecule has 0 N–H and O–H groups in total. The smallest absolute Gasteiger partial charge is 0.248 e. The molecule has 0 aliphatic carbocycles. The highest BCUT2D eigenvalue weighted by molar-refractivity contribution is 8.00. The van der Waals surface area contributed by atoms with Crippen LogP contribution in [0.4, 0.5) is 0 Å². The fourth-order valence-electron chi connectivity index (χ4n) is 2.62. The van der Waals surface area contributed by atoms with Crippen LogP contribution in [0, 0.1) is 13.8 Å². The third-order valence-corrected chi connectivity index (χ3v) is 6.94. The van der Waals surface area contributed by atoms with E-state index >= 15 is 0 Å². The highest BCUT2D eigenvalue weighted by Gasteiger charge is 2.46. The lowest BCUT2D eigenvalue weighted by molar-refractivity contribution is 0.387. The molecule has 2 aliphatic rings. The van der Waals surface area contributed by atoms with Gasteiger partial charge in [0.05, 0.1) is 0 Å². The Morgan fingerprint density at radius 2 is 2.24 bits per heavy atom. The SMILES string of the molecule is Cc1noc(C)c1S(=O)(=O)N1CC2CC1CS2. The number of rotatable bonds is 2. The molecule has 2 aliphatic heterocycles. The van der Waals surface area contributed by atoms with Crippen molar-refractivity contribution in [3.05, 3.63) is 11.5 Å². The van der Waals surface area contributed by atoms with Crippen molar-refractivity contribution in [2.45, 2.75) is 36.5 Å². The molecule has 0 aromatic carbocycles. The van der Waals surface area contributed by atoms with Gasteiger partial charge in [-0.3, -0.25) is 0 Å². The first-order chi connectivity index (χ1) is 8.00. The van der Waals surface area contributed by atoms with Crippen LogP contribution < -0.4 is 0 Å². The standard InChI is InChI=1S/C10H14N2O3S2/c1-6-10(7(2)15-11-6)17(13,14)12-4-9-3-8(12)5-16-9/h8-9H,3-5H2,1-2H3. The summed E-state index contributed by atoms with van der Waals surface area (Å²) in [5.41, 5.74) is 0.456. The predicted molar refractivity (Wildman–Crippen MR) is 64.5 cm³/mol. The average molecular weight is 274 g/mol. The Labute approximate surface area is 105 Å². The molecular weight excluding hydrogens is 260 g/mol. The summed E-state index contributed by atoms with van der Waals surface area (Å²) in [7, 11) is -3.42. The van der Waals surface area contributed by atoms with E-state index in [1.807, 2.05) is 11.8 Å². The number of aryl methyl sites for hydroxylation is 2. The maximum atomic E-state index is 12.5. The maximum Gasteiger partial charge on any atom is 0.248 e. The van der Waals surface area contributed by atoms with Gasteiger partial charge in [-0.1, -0.05) is 5.16 Å². The van der Waals surface area contributed by atoms with Crippen molar-refractivity contribution >= 4 is 21.8 Å². The first-order valence-corrected chi connectivity index (χ1v) is 8.05. The lowest BCUT2D eigenvalue weighted by Gasteiger charge is -2.25. The summed E-state index contributed by atoms with van der Waals surface area (Å²) in [5, 5.41) is 4.20. The molecule has 94 valence electrons. The van der Waals surface area contributed by atoms with E-state index in [9.17, 15) is 8.42 Å². The molecule has 2 unspecified atom stereocenters. The summed E-state index contributed by atoms with van der Waals surface area (Å²) in [5.74, 6) is 1.30. The van der Waals surface area contributed by atoms with E-state index in [2.05, 4.69) is 5.16 Å². The highest BCUT2D eigenvalue weighted by atomic mass is 32.2. The Morgan fingerprint density at radius 3 is 2.71 bits per heavy atom. The van der Waals surface area contributed by atoms with Crippen molar-refractivity contribution < 1.29 is 12.9 Å². The largest absolute Gasteiger partial charge is 0.360 e. The Kier molecular flexibility index (Phi) is 2.53. The quantitative estimate of drug-likeness (QED) is 0.810. The van der Waals surface area contributed by atoms with Gasteiger partial charge in [0.25, 0.3) is 0 Å². The van der Waals surface area contributed by atoms with Crippen molar-refractivity contribution in [1.29, 1.82) is 0 Å². The third-order valence-electron chi connectivity index (χ3n) is 3.38. The number of nitrogens with zero attached hydrogens (tertiary/aromatic N) is 2. The van der Waals surface area contributed by atoms with Crippen LogP contribution in [-0.4, -0.2) is 41.5 Å². The number of fused-ring (bicyclic) bond motifs is 2. The van der Waals surface area contributed by atoms with Gasteiger partial charge < -0.3 is 4.52 Å². The number of thioether (sulfide) groups is 1. The zero-order valence-electron chi connectivity index (χ0n) is 9.71. The summed E-state index contributed by atoms with van der Waals surface area (Å²) in [4.78, 5) is 0.259. The van der Waals surface area contributed by atoms with Crippen molar-refractivity contribution in [3.8, 4) is 0 Å². The second kappa shape index (κ2) is 3.73. The third kappa shape index (κ3) is 1.63. The van der Waals surface area contributed by atoms with E-state index in [1.165, 1.54) is 0 Å². The van der Waals surface area contributed by atoms with E-state index in [4.69, 9.17) is 4.52 Å². The number of sulfonamides is 1. The maximum absolute atomic E-state index is 12.5. The summed E-state index contributed by atoms with van der Waals surface area (Å²) in [6, 6.07) is 0.156. The van der Waals surface area contributed by atoms with E-state index in [1.54, 1.807) is 18.2 Å². The van der Waals surface area contributed by atoms with Gasteiger partial charge >= 0.3 is 0 Å². The molecule has 2 saturated heterocycles. The molecule has 1 aromatic rings. The minimum atomic E-state index is -3.42. The predicted octanol–water partition coefficient (Wildman–Crippen LogP) is 1.17. The van der Waals surface area contributed by atoms with Gasteiger partial charge in [-0.2, -0.15) is 16.1 Å². The highest BCUT2D eigenvalue weighted by Crippen LogP contribution is 2.41. The molecule has 0 amide bonds. The minimum Gasteiger partial charge on any atom is -0.360 e. The molecular formula is C10H14N2O3S2. The topological polar surface area (TPSA) is 63.4 Å². The number of hydrogen-bond acceptors (Lipinski definition) is 5. The first-order valence-electron chi connectivity index (χ1n) is 5.56. The van der Waals surface area contributed by atoms with Gasteiger partial charge in [0.1, 0.15) is 10.6 Å². The van der Waals surface area contributed by atoms with Crippen LogP contribution in [0.3, 0.4) is 0 Å². The average Bonchev–Trinajstić information content (AvgIpc) is 2.93. The second-order valence-corrected chi connectivity index (χ2v) is 7.73. The van der Waals surface area contributed by atoms with Crippen molar-refractivity contribution in [1.82, 2.24) is 9.46 Å². The normalized spacial score (nSPS) is 29.1. The Morgan fingerprint density at radius 1 is 1.47 bits per heavy atom. The summed E-state index contributed by atoms with van der Waals surface area (Å²) < 4.78 is 31.7. The van der Waals surface area contributed by atoms with Crippen LogP contribution in [0.15, 0.2) is 9.42 Å². The Hall–Kier alpha value is -0.530.